The number of nitrogens with one attached hydrogen (secondary N) is 1. The van der Waals surface area contributed by atoms with Crippen molar-refractivity contribution in [1.82, 2.24) is 14.8 Å². The van der Waals surface area contributed by atoms with E-state index in [1.54, 1.807) is 24.3 Å². The molecule has 0 saturated carbocycles. The van der Waals surface area contributed by atoms with Gasteiger partial charge in [-0.2, -0.15) is 0 Å². The third-order valence-corrected chi connectivity index (χ3v) is 5.96. The van der Waals surface area contributed by atoms with Gasteiger partial charge >= 0.3 is 0 Å². The molecule has 3 rings (SSSR count). The summed E-state index contributed by atoms with van der Waals surface area (Å²) in [7, 11) is 0. The lowest BCUT2D eigenvalue weighted by Crippen LogP contribution is -2.16. The van der Waals surface area contributed by atoms with Gasteiger partial charge < -0.3 is 10.4 Å². The number of carbonyl (C=O) groups excluding carboxylic acids is 1. The second-order valence-corrected chi connectivity index (χ2v) is 8.84. The molecule has 156 valence electrons. The van der Waals surface area contributed by atoms with E-state index in [2.05, 4.69) is 38.0 Å². The van der Waals surface area contributed by atoms with Gasteiger partial charge in [0.25, 0.3) is 0 Å². The van der Waals surface area contributed by atoms with Crippen molar-refractivity contribution < 1.29 is 9.90 Å². The van der Waals surface area contributed by atoms with E-state index in [1.807, 2.05) is 37.5 Å². The minimum atomic E-state index is -0.116. The molecule has 0 spiro atoms. The number of rotatable bonds is 7. The number of halogens is 1. The minimum absolute atomic E-state index is 0.107. The number of phenols is 1. The quantitative estimate of drug-likeness (QED) is 0.351. The Balaban J connectivity index is 1.79. The lowest BCUT2D eigenvalue weighted by atomic mass is 10.1. The SMILES string of the molecule is C=CCn1c(SCC(=O)Nc2c(C)cc(C)cc2C)nnc1-c1cc(Br)ccc1O. The summed E-state index contributed by atoms with van der Waals surface area (Å²) in [4.78, 5) is 12.6. The normalized spacial score (nSPS) is 10.8. The van der Waals surface area contributed by atoms with Gasteiger partial charge in [0.1, 0.15) is 5.75 Å². The van der Waals surface area contributed by atoms with Crippen molar-refractivity contribution in [3.63, 3.8) is 0 Å². The van der Waals surface area contributed by atoms with E-state index in [9.17, 15) is 9.90 Å². The van der Waals surface area contributed by atoms with Crippen molar-refractivity contribution in [2.24, 2.45) is 0 Å². The molecule has 2 aromatic carbocycles. The highest BCUT2D eigenvalue weighted by atomic mass is 79.9. The Bertz CT molecular complexity index is 1090. The van der Waals surface area contributed by atoms with Crippen molar-refractivity contribution in [3.8, 4) is 17.1 Å². The van der Waals surface area contributed by atoms with Crippen molar-refractivity contribution in [2.45, 2.75) is 32.5 Å². The first kappa shape index (κ1) is 22.1. The molecule has 0 fully saturated rings. The molecule has 8 heteroatoms. The van der Waals surface area contributed by atoms with Gasteiger partial charge in [-0.05, 0) is 50.1 Å². The van der Waals surface area contributed by atoms with E-state index in [4.69, 9.17) is 0 Å². The van der Waals surface area contributed by atoms with Gasteiger partial charge in [0.2, 0.25) is 5.91 Å². The summed E-state index contributed by atoms with van der Waals surface area (Å²) in [5.41, 5.74) is 4.64. The van der Waals surface area contributed by atoms with Crippen LogP contribution in [-0.4, -0.2) is 31.5 Å². The van der Waals surface area contributed by atoms with Crippen LogP contribution < -0.4 is 5.32 Å². The Kier molecular flexibility index (Phi) is 6.99. The maximum absolute atomic E-state index is 12.6. The molecule has 30 heavy (non-hydrogen) atoms. The van der Waals surface area contributed by atoms with E-state index >= 15 is 0 Å². The fourth-order valence-electron chi connectivity index (χ4n) is 3.26. The van der Waals surface area contributed by atoms with Gasteiger partial charge in [0, 0.05) is 16.7 Å². The van der Waals surface area contributed by atoms with Gasteiger partial charge in [-0.1, -0.05) is 51.5 Å². The Morgan fingerprint density at radius 1 is 1.23 bits per heavy atom. The van der Waals surface area contributed by atoms with Crippen molar-refractivity contribution in [1.29, 1.82) is 0 Å². The lowest BCUT2D eigenvalue weighted by molar-refractivity contribution is -0.113. The summed E-state index contributed by atoms with van der Waals surface area (Å²) >= 11 is 4.71. The number of allylic oxidation sites excluding steroid dienone is 1. The van der Waals surface area contributed by atoms with Crippen LogP contribution in [0.2, 0.25) is 0 Å². The number of thioether (sulfide) groups is 1. The van der Waals surface area contributed by atoms with E-state index in [-0.39, 0.29) is 17.4 Å². The van der Waals surface area contributed by atoms with Crippen molar-refractivity contribution in [2.75, 3.05) is 11.1 Å². The fraction of sp³-hybridized carbons (Fsp3) is 0.227. The topological polar surface area (TPSA) is 80.0 Å². The molecule has 0 bridgehead atoms. The molecule has 2 N–H and O–H groups in total. The van der Waals surface area contributed by atoms with Crippen LogP contribution in [-0.2, 0) is 11.3 Å². The molecule has 0 saturated heterocycles. The van der Waals surface area contributed by atoms with Crippen molar-refractivity contribution >= 4 is 39.3 Å². The zero-order valence-corrected chi connectivity index (χ0v) is 19.5. The predicted molar refractivity (Wildman–Crippen MR) is 125 cm³/mol. The van der Waals surface area contributed by atoms with Crippen LogP contribution in [0.15, 0.2) is 52.6 Å². The van der Waals surface area contributed by atoms with Gasteiger partial charge in [-0.25, -0.2) is 0 Å². The number of anilines is 1. The number of aromatic nitrogens is 3. The van der Waals surface area contributed by atoms with Crippen LogP contribution in [0, 0.1) is 20.8 Å². The number of carbonyl (C=O) groups is 1. The first-order valence-electron chi connectivity index (χ1n) is 9.33. The number of aromatic hydroxyl groups is 1. The predicted octanol–water partition coefficient (Wildman–Crippen LogP) is 5.26. The van der Waals surface area contributed by atoms with Crippen molar-refractivity contribution in [3.05, 3.63) is 64.1 Å². The summed E-state index contributed by atoms with van der Waals surface area (Å²) in [5, 5.41) is 22.3. The van der Waals surface area contributed by atoms with Crippen LogP contribution >= 0.6 is 27.7 Å². The maximum Gasteiger partial charge on any atom is 0.234 e. The third kappa shape index (κ3) is 4.94. The van der Waals surface area contributed by atoms with Crippen LogP contribution in [0.3, 0.4) is 0 Å². The standard InChI is InChI=1S/C22H23BrN4O2S/c1-5-8-27-21(17-11-16(23)6-7-18(17)28)25-26-22(27)30-12-19(29)24-20-14(3)9-13(2)10-15(20)4/h5-7,9-11,28H,1,8,12H2,2-4H3,(H,24,29). The number of hydrogen-bond donors (Lipinski definition) is 2. The Morgan fingerprint density at radius 2 is 1.93 bits per heavy atom. The minimum Gasteiger partial charge on any atom is -0.507 e. The molecule has 6 nitrogen and oxygen atoms in total. The van der Waals surface area contributed by atoms with Crippen LogP contribution in [0.1, 0.15) is 16.7 Å². The van der Waals surface area contributed by atoms with Crippen LogP contribution in [0.25, 0.3) is 11.4 Å². The van der Waals surface area contributed by atoms with E-state index < -0.39 is 0 Å². The van der Waals surface area contributed by atoms with Gasteiger partial charge in [-0.3, -0.25) is 9.36 Å². The number of hydrogen-bond acceptors (Lipinski definition) is 5. The highest BCUT2D eigenvalue weighted by Gasteiger charge is 2.18. The third-order valence-electron chi connectivity index (χ3n) is 4.50. The fourth-order valence-corrected chi connectivity index (χ4v) is 4.37. The van der Waals surface area contributed by atoms with Gasteiger partial charge in [0.05, 0.1) is 11.3 Å². The maximum atomic E-state index is 12.6. The highest BCUT2D eigenvalue weighted by molar-refractivity contribution is 9.10. The number of phenolic OH excluding ortho intramolecular Hbond substituents is 1. The molecule has 1 amide bonds. The molecule has 1 heterocycles. The van der Waals surface area contributed by atoms with E-state index in [0.717, 1.165) is 21.3 Å². The number of benzene rings is 2. The van der Waals surface area contributed by atoms with E-state index in [0.29, 0.717) is 23.1 Å². The monoisotopic (exact) mass is 486 g/mol. The first-order valence-corrected chi connectivity index (χ1v) is 11.1. The van der Waals surface area contributed by atoms with Gasteiger partial charge in [-0.15, -0.1) is 16.8 Å². The molecule has 0 aliphatic heterocycles. The average molecular weight is 487 g/mol. The summed E-state index contributed by atoms with van der Waals surface area (Å²) in [6.07, 6.45) is 1.73. The molecule has 0 aliphatic carbocycles. The Hall–Kier alpha value is -2.58. The Labute approximate surface area is 188 Å². The smallest absolute Gasteiger partial charge is 0.234 e. The Morgan fingerprint density at radius 3 is 2.60 bits per heavy atom. The molecule has 3 aromatic rings. The molecule has 1 aromatic heterocycles. The number of nitrogens with zero attached hydrogens (tertiary/aromatic N) is 3. The zero-order chi connectivity index (χ0) is 21.8. The lowest BCUT2D eigenvalue weighted by Gasteiger charge is -2.13. The van der Waals surface area contributed by atoms with Crippen LogP contribution in [0.5, 0.6) is 5.75 Å². The molecule has 0 unspecified atom stereocenters. The molecule has 0 radical (unpaired) electrons. The van der Waals surface area contributed by atoms with Gasteiger partial charge in [0.15, 0.2) is 11.0 Å². The van der Waals surface area contributed by atoms with Crippen LogP contribution in [0.4, 0.5) is 5.69 Å². The second-order valence-electron chi connectivity index (χ2n) is 6.98. The summed E-state index contributed by atoms with van der Waals surface area (Å²) in [6, 6.07) is 9.23. The molecular weight excluding hydrogens is 464 g/mol. The molecule has 0 aliphatic rings. The summed E-state index contributed by atoms with van der Waals surface area (Å²) in [6.45, 7) is 10.3. The average Bonchev–Trinajstić information content (AvgIpc) is 3.07. The summed E-state index contributed by atoms with van der Waals surface area (Å²) < 4.78 is 2.65. The zero-order valence-electron chi connectivity index (χ0n) is 17.1. The first-order chi connectivity index (χ1) is 14.3. The number of amides is 1. The number of aryl methyl sites for hydroxylation is 3. The second kappa shape index (κ2) is 9.49. The summed E-state index contributed by atoms with van der Waals surface area (Å²) in [5.74, 6) is 0.694. The highest BCUT2D eigenvalue weighted by Crippen LogP contribution is 2.33. The largest absolute Gasteiger partial charge is 0.507 e. The van der Waals surface area contributed by atoms with E-state index in [1.165, 1.54) is 17.3 Å². The molecular formula is C22H23BrN4O2S. The molecule has 0 atom stereocenters.